The second-order valence-electron chi connectivity index (χ2n) is 3.47. The Kier molecular flexibility index (Phi) is 6.50. The molecule has 0 aromatic rings. The largest absolute Gasteiger partial charge is 0.481 e. The summed E-state index contributed by atoms with van der Waals surface area (Å²) in [5.74, 6) is -1.14. The maximum Gasteiger partial charge on any atom is 0.325 e. The molecule has 1 N–H and O–H groups in total. The van der Waals surface area contributed by atoms with Crippen LogP contribution in [0, 0.1) is 17.8 Å². The van der Waals surface area contributed by atoms with Crippen molar-refractivity contribution in [1.29, 1.82) is 0 Å². The summed E-state index contributed by atoms with van der Waals surface area (Å²) in [6.07, 6.45) is 3.97. The first-order valence-corrected chi connectivity index (χ1v) is 5.44. The Morgan fingerprint density at radius 2 is 1.61 bits per heavy atom. The van der Waals surface area contributed by atoms with E-state index in [0.29, 0.717) is 0 Å². The van der Waals surface area contributed by atoms with Crippen molar-refractivity contribution in [2.24, 2.45) is 5.41 Å². The summed E-state index contributed by atoms with van der Waals surface area (Å²) >= 11 is 0. The molecule has 0 bridgehead atoms. The first-order valence-electron chi connectivity index (χ1n) is 5.44. The molecule has 0 aromatic heterocycles. The highest BCUT2D eigenvalue weighted by Gasteiger charge is 2.50. The number of ether oxygens (including phenoxy) is 2. The second-order valence-corrected chi connectivity index (χ2v) is 3.47. The second kappa shape index (κ2) is 7.33. The molecule has 18 heavy (non-hydrogen) atoms. The molecule has 0 amide bonds. The van der Waals surface area contributed by atoms with Crippen LogP contribution in [-0.2, 0) is 23.9 Å². The topological polar surface area (TPSA) is 89.9 Å². The van der Waals surface area contributed by atoms with Gasteiger partial charge in [-0.05, 0) is 13.8 Å². The first kappa shape index (κ1) is 16.0. The monoisotopic (exact) mass is 256 g/mol. The third kappa shape index (κ3) is 3.77. The molecule has 0 heterocycles. The van der Waals surface area contributed by atoms with Gasteiger partial charge in [-0.15, -0.1) is 12.3 Å². The van der Waals surface area contributed by atoms with Crippen LogP contribution >= 0.6 is 0 Å². The average molecular weight is 256 g/mol. The number of carboxylic acids is 1. The minimum atomic E-state index is -1.97. The van der Waals surface area contributed by atoms with Crippen molar-refractivity contribution in [2.45, 2.75) is 26.7 Å². The molecule has 0 rings (SSSR count). The van der Waals surface area contributed by atoms with E-state index in [4.69, 9.17) is 21.0 Å². The van der Waals surface area contributed by atoms with Crippen molar-refractivity contribution >= 4 is 17.9 Å². The Morgan fingerprint density at radius 1 is 1.17 bits per heavy atom. The number of rotatable bonds is 7. The molecule has 0 aliphatic rings. The highest BCUT2D eigenvalue weighted by atomic mass is 16.6. The van der Waals surface area contributed by atoms with E-state index in [0.717, 1.165) is 0 Å². The van der Waals surface area contributed by atoms with Gasteiger partial charge in [0.05, 0.1) is 19.6 Å². The van der Waals surface area contributed by atoms with Crippen molar-refractivity contribution in [1.82, 2.24) is 0 Å². The fourth-order valence-electron chi connectivity index (χ4n) is 1.41. The highest BCUT2D eigenvalue weighted by Crippen LogP contribution is 2.30. The van der Waals surface area contributed by atoms with Crippen LogP contribution in [0.25, 0.3) is 0 Å². The zero-order valence-corrected chi connectivity index (χ0v) is 10.4. The molecule has 0 saturated carbocycles. The molecule has 0 fully saturated rings. The average Bonchev–Trinajstić information content (AvgIpc) is 2.28. The van der Waals surface area contributed by atoms with E-state index in [1.807, 2.05) is 0 Å². The summed E-state index contributed by atoms with van der Waals surface area (Å²) in [6.45, 7) is 3.13. The van der Waals surface area contributed by atoms with E-state index in [-0.39, 0.29) is 19.6 Å². The summed E-state index contributed by atoms with van der Waals surface area (Å²) in [4.78, 5) is 34.5. The van der Waals surface area contributed by atoms with E-state index < -0.39 is 29.7 Å². The van der Waals surface area contributed by atoms with Crippen LogP contribution in [0.4, 0.5) is 0 Å². The lowest BCUT2D eigenvalue weighted by atomic mass is 9.81. The predicted molar refractivity (Wildman–Crippen MR) is 61.4 cm³/mol. The van der Waals surface area contributed by atoms with Crippen LogP contribution in [0.5, 0.6) is 0 Å². The van der Waals surface area contributed by atoms with Crippen LogP contribution in [-0.4, -0.2) is 36.2 Å². The van der Waals surface area contributed by atoms with Crippen LogP contribution in [0.3, 0.4) is 0 Å². The van der Waals surface area contributed by atoms with Gasteiger partial charge < -0.3 is 14.6 Å². The Hall–Kier alpha value is -2.03. The molecule has 6 nitrogen and oxygen atoms in total. The van der Waals surface area contributed by atoms with E-state index in [1.54, 1.807) is 13.8 Å². The molecular formula is C12H16O6. The Morgan fingerprint density at radius 3 is 1.89 bits per heavy atom. The van der Waals surface area contributed by atoms with Gasteiger partial charge in [-0.1, -0.05) is 0 Å². The molecule has 0 atom stereocenters. The molecule has 0 aliphatic carbocycles. The van der Waals surface area contributed by atoms with E-state index >= 15 is 0 Å². The molecule has 6 heteroatoms. The number of hydrogen-bond donors (Lipinski definition) is 1. The van der Waals surface area contributed by atoms with Gasteiger partial charge >= 0.3 is 17.9 Å². The van der Waals surface area contributed by atoms with Gasteiger partial charge in [0.2, 0.25) is 0 Å². The van der Waals surface area contributed by atoms with Crippen molar-refractivity contribution in [3.63, 3.8) is 0 Å². The molecule has 100 valence electrons. The lowest BCUT2D eigenvalue weighted by Crippen LogP contribution is -2.43. The summed E-state index contributed by atoms with van der Waals surface area (Å²) in [5, 5.41) is 8.83. The number of carbonyl (C=O) groups excluding carboxylic acids is 2. The summed E-state index contributed by atoms with van der Waals surface area (Å²) < 4.78 is 9.46. The van der Waals surface area contributed by atoms with Gasteiger partial charge in [0.1, 0.15) is 0 Å². The van der Waals surface area contributed by atoms with Gasteiger partial charge in [0.15, 0.2) is 5.41 Å². The number of carbonyl (C=O) groups is 3. The molecule has 0 saturated heterocycles. The molecular weight excluding hydrogens is 240 g/mol. The summed E-state index contributed by atoms with van der Waals surface area (Å²) in [7, 11) is 0. The number of aliphatic carboxylic acids is 1. The van der Waals surface area contributed by atoms with Crippen molar-refractivity contribution in [3.05, 3.63) is 0 Å². The third-order valence-corrected chi connectivity index (χ3v) is 2.19. The minimum absolute atomic E-state index is 0.0180. The van der Waals surface area contributed by atoms with Gasteiger partial charge in [-0.25, -0.2) is 0 Å². The summed E-state index contributed by atoms with van der Waals surface area (Å²) in [5.41, 5.74) is -1.97. The molecule has 0 aliphatic heterocycles. The van der Waals surface area contributed by atoms with Crippen LogP contribution < -0.4 is 0 Å². The van der Waals surface area contributed by atoms with Gasteiger partial charge in [0, 0.05) is 6.42 Å². The Balaban J connectivity index is 5.41. The lowest BCUT2D eigenvalue weighted by molar-refractivity contribution is -0.175. The number of hydrogen-bond acceptors (Lipinski definition) is 5. The fourth-order valence-corrected chi connectivity index (χ4v) is 1.41. The smallest absolute Gasteiger partial charge is 0.325 e. The maximum absolute atomic E-state index is 11.8. The Labute approximate surface area is 105 Å². The zero-order valence-electron chi connectivity index (χ0n) is 10.4. The zero-order chi connectivity index (χ0) is 14.2. The SMILES string of the molecule is C#CCC(CC(=O)O)(C(=O)OCC)C(=O)OCC. The molecule has 0 aromatic carbocycles. The van der Waals surface area contributed by atoms with Crippen molar-refractivity contribution in [2.75, 3.05) is 13.2 Å². The molecule has 0 unspecified atom stereocenters. The van der Waals surface area contributed by atoms with E-state index in [2.05, 4.69) is 5.92 Å². The maximum atomic E-state index is 11.8. The minimum Gasteiger partial charge on any atom is -0.481 e. The third-order valence-electron chi connectivity index (χ3n) is 2.19. The van der Waals surface area contributed by atoms with Crippen molar-refractivity contribution < 1.29 is 29.0 Å². The van der Waals surface area contributed by atoms with Crippen LogP contribution in [0.2, 0.25) is 0 Å². The quantitative estimate of drug-likeness (QED) is 0.407. The Bertz CT molecular complexity index is 347. The lowest BCUT2D eigenvalue weighted by Gasteiger charge is -2.25. The number of esters is 2. The normalized spacial score (nSPS) is 10.3. The van der Waals surface area contributed by atoms with E-state index in [9.17, 15) is 14.4 Å². The van der Waals surface area contributed by atoms with Gasteiger partial charge in [-0.2, -0.15) is 0 Å². The van der Waals surface area contributed by atoms with E-state index in [1.165, 1.54) is 0 Å². The van der Waals surface area contributed by atoms with Crippen LogP contribution in [0.15, 0.2) is 0 Å². The molecule has 0 spiro atoms. The highest BCUT2D eigenvalue weighted by molar-refractivity contribution is 6.03. The first-order chi connectivity index (χ1) is 8.44. The number of terminal acetylenes is 1. The van der Waals surface area contributed by atoms with Crippen molar-refractivity contribution in [3.8, 4) is 12.3 Å². The fraction of sp³-hybridized carbons (Fsp3) is 0.583. The number of carboxylic acid groups (broad SMARTS) is 1. The van der Waals surface area contributed by atoms with Gasteiger partial charge in [-0.3, -0.25) is 14.4 Å². The van der Waals surface area contributed by atoms with Gasteiger partial charge in [0.25, 0.3) is 0 Å². The molecule has 0 radical (unpaired) electrons. The predicted octanol–water partition coefficient (Wildman–Crippen LogP) is 0.597. The van der Waals surface area contributed by atoms with Crippen LogP contribution in [0.1, 0.15) is 26.7 Å². The standard InChI is InChI=1S/C12H16O6/c1-4-7-12(8-9(13)14,10(15)17-5-2)11(16)18-6-3/h1H,5-8H2,2-3H3,(H,13,14). The summed E-state index contributed by atoms with van der Waals surface area (Å²) in [6, 6.07) is 0.